The van der Waals surface area contributed by atoms with Crippen molar-refractivity contribution in [1.82, 2.24) is 9.88 Å². The molecule has 0 bridgehead atoms. The van der Waals surface area contributed by atoms with Crippen LogP contribution in [0.4, 0.5) is 14.6 Å². The highest BCUT2D eigenvalue weighted by atomic mass is 79.9. The van der Waals surface area contributed by atoms with Crippen molar-refractivity contribution in [1.29, 1.82) is 0 Å². The summed E-state index contributed by atoms with van der Waals surface area (Å²) >= 11 is 3.31. The molecule has 22 heavy (non-hydrogen) atoms. The van der Waals surface area contributed by atoms with E-state index in [2.05, 4.69) is 37.8 Å². The molecule has 1 aliphatic heterocycles. The molecule has 1 aliphatic rings. The summed E-state index contributed by atoms with van der Waals surface area (Å²) in [6.07, 6.45) is 3.62. The van der Waals surface area contributed by atoms with Crippen LogP contribution in [0.25, 0.3) is 10.8 Å². The molecule has 3 rings (SSSR count). The minimum atomic E-state index is -0.581. The lowest BCUT2D eigenvalue weighted by atomic mass is 10.0. The van der Waals surface area contributed by atoms with E-state index in [4.69, 9.17) is 0 Å². The van der Waals surface area contributed by atoms with E-state index < -0.39 is 11.6 Å². The second-order valence-electron chi connectivity index (χ2n) is 5.89. The van der Waals surface area contributed by atoms with E-state index in [0.29, 0.717) is 27.1 Å². The summed E-state index contributed by atoms with van der Waals surface area (Å²) in [5, 5.41) is 0.888. The summed E-state index contributed by atoms with van der Waals surface area (Å²) in [5.74, 6) is -0.517. The van der Waals surface area contributed by atoms with Gasteiger partial charge in [-0.3, -0.25) is 0 Å². The van der Waals surface area contributed by atoms with Crippen molar-refractivity contribution in [3.63, 3.8) is 0 Å². The van der Waals surface area contributed by atoms with E-state index >= 15 is 0 Å². The highest BCUT2D eigenvalue weighted by Gasteiger charge is 2.24. The van der Waals surface area contributed by atoms with Gasteiger partial charge in [0.05, 0.1) is 0 Å². The molecule has 0 saturated carbocycles. The number of hydrogen-bond donors (Lipinski definition) is 0. The first-order valence-electron chi connectivity index (χ1n) is 7.32. The summed E-state index contributed by atoms with van der Waals surface area (Å²) in [7, 11) is 4.06. The van der Waals surface area contributed by atoms with Gasteiger partial charge in [0.25, 0.3) is 0 Å². The predicted molar refractivity (Wildman–Crippen MR) is 88.3 cm³/mol. The molecule has 0 N–H and O–H groups in total. The van der Waals surface area contributed by atoms with E-state index in [-0.39, 0.29) is 0 Å². The Morgan fingerprint density at radius 2 is 1.95 bits per heavy atom. The second kappa shape index (κ2) is 6.08. The molecule has 1 saturated heterocycles. The fraction of sp³-hybridized carbons (Fsp3) is 0.438. The number of aromatic nitrogens is 1. The summed E-state index contributed by atoms with van der Waals surface area (Å²) < 4.78 is 28.3. The Balaban J connectivity index is 2.05. The summed E-state index contributed by atoms with van der Waals surface area (Å²) in [5.41, 5.74) is 0. The number of nitrogens with zero attached hydrogens (tertiary/aromatic N) is 3. The average Bonchev–Trinajstić information content (AvgIpc) is 2.47. The average molecular weight is 370 g/mol. The van der Waals surface area contributed by atoms with Crippen LogP contribution in [0.3, 0.4) is 0 Å². The number of pyridine rings is 1. The van der Waals surface area contributed by atoms with Gasteiger partial charge in [-0.1, -0.05) is 0 Å². The quantitative estimate of drug-likeness (QED) is 0.802. The van der Waals surface area contributed by atoms with Crippen LogP contribution in [0.15, 0.2) is 22.8 Å². The van der Waals surface area contributed by atoms with Gasteiger partial charge in [-0.25, -0.2) is 13.8 Å². The molecule has 1 aromatic heterocycles. The van der Waals surface area contributed by atoms with Crippen LogP contribution >= 0.6 is 15.9 Å². The molecule has 0 radical (unpaired) electrons. The number of likely N-dealkylation sites (tertiary alicyclic amines) is 1. The van der Waals surface area contributed by atoms with Crippen LogP contribution in [0.1, 0.15) is 12.8 Å². The fourth-order valence-electron chi connectivity index (χ4n) is 3.08. The smallest absolute Gasteiger partial charge is 0.136 e. The number of piperidine rings is 1. The number of rotatable bonds is 2. The third kappa shape index (κ3) is 2.82. The minimum absolute atomic E-state index is 0.333. The first-order valence-corrected chi connectivity index (χ1v) is 8.11. The van der Waals surface area contributed by atoms with Gasteiger partial charge in [0.1, 0.15) is 17.5 Å². The maximum atomic E-state index is 14.1. The minimum Gasteiger partial charge on any atom is -0.356 e. The molecule has 2 heterocycles. The van der Waals surface area contributed by atoms with Crippen LogP contribution in [-0.4, -0.2) is 43.1 Å². The van der Waals surface area contributed by atoms with Crippen molar-refractivity contribution >= 4 is 32.5 Å². The monoisotopic (exact) mass is 369 g/mol. The number of hydrogen-bond acceptors (Lipinski definition) is 3. The van der Waals surface area contributed by atoms with Gasteiger partial charge in [-0.2, -0.15) is 0 Å². The first-order chi connectivity index (χ1) is 10.5. The Morgan fingerprint density at radius 3 is 2.64 bits per heavy atom. The van der Waals surface area contributed by atoms with Crippen LogP contribution in [0, 0.1) is 11.6 Å². The third-order valence-electron chi connectivity index (χ3n) is 4.40. The van der Waals surface area contributed by atoms with Crippen LogP contribution < -0.4 is 4.90 Å². The molecular formula is C16H18BrF2N3. The van der Waals surface area contributed by atoms with E-state index in [1.807, 2.05) is 7.05 Å². The Kier molecular flexibility index (Phi) is 4.32. The topological polar surface area (TPSA) is 19.4 Å². The predicted octanol–water partition coefficient (Wildman–Crippen LogP) is 3.81. The van der Waals surface area contributed by atoms with E-state index in [9.17, 15) is 8.78 Å². The lowest BCUT2D eigenvalue weighted by Gasteiger charge is -2.36. The molecule has 0 atom stereocenters. The fourth-order valence-corrected chi connectivity index (χ4v) is 3.59. The maximum absolute atomic E-state index is 14.1. The van der Waals surface area contributed by atoms with Crippen molar-refractivity contribution < 1.29 is 8.78 Å². The number of benzene rings is 1. The molecule has 1 fully saturated rings. The summed E-state index contributed by atoms with van der Waals surface area (Å²) in [6.45, 7) is 2.04. The van der Waals surface area contributed by atoms with Crippen molar-refractivity contribution in [2.45, 2.75) is 18.9 Å². The number of anilines is 1. The zero-order valence-electron chi connectivity index (χ0n) is 12.6. The van der Waals surface area contributed by atoms with Crippen molar-refractivity contribution in [3.8, 4) is 0 Å². The van der Waals surface area contributed by atoms with Crippen molar-refractivity contribution in [3.05, 3.63) is 34.4 Å². The Labute approximate surface area is 137 Å². The SMILES string of the molecule is CN1CCC(N(C)c2ncc(Br)c3c(F)cc(F)cc23)CC1. The van der Waals surface area contributed by atoms with Gasteiger partial charge in [-0.05, 0) is 55.0 Å². The molecule has 118 valence electrons. The van der Waals surface area contributed by atoms with Gasteiger partial charge in [-0.15, -0.1) is 0 Å². The largest absolute Gasteiger partial charge is 0.356 e. The molecule has 0 spiro atoms. The Morgan fingerprint density at radius 1 is 1.27 bits per heavy atom. The van der Waals surface area contributed by atoms with Gasteiger partial charge in [0.15, 0.2) is 0 Å². The van der Waals surface area contributed by atoms with E-state index in [1.165, 1.54) is 6.07 Å². The Hall–Kier alpha value is -1.27. The molecule has 2 aromatic rings. The molecule has 0 unspecified atom stereocenters. The lowest BCUT2D eigenvalue weighted by Crippen LogP contribution is -2.42. The normalized spacial score (nSPS) is 17.1. The third-order valence-corrected chi connectivity index (χ3v) is 5.01. The molecule has 0 amide bonds. The second-order valence-corrected chi connectivity index (χ2v) is 6.74. The highest BCUT2D eigenvalue weighted by molar-refractivity contribution is 9.10. The van der Waals surface area contributed by atoms with Crippen LogP contribution in [-0.2, 0) is 0 Å². The lowest BCUT2D eigenvalue weighted by molar-refractivity contribution is 0.252. The zero-order chi connectivity index (χ0) is 15.9. The first kappa shape index (κ1) is 15.6. The van der Waals surface area contributed by atoms with Crippen LogP contribution in [0.2, 0.25) is 0 Å². The van der Waals surface area contributed by atoms with Crippen molar-refractivity contribution in [2.24, 2.45) is 0 Å². The molecular weight excluding hydrogens is 352 g/mol. The highest BCUT2D eigenvalue weighted by Crippen LogP contribution is 2.34. The van der Waals surface area contributed by atoms with Gasteiger partial charge in [0.2, 0.25) is 0 Å². The van der Waals surface area contributed by atoms with Crippen LogP contribution in [0.5, 0.6) is 0 Å². The summed E-state index contributed by atoms with van der Waals surface area (Å²) in [4.78, 5) is 8.76. The number of halogens is 3. The summed E-state index contributed by atoms with van der Waals surface area (Å²) in [6, 6.07) is 2.60. The Bertz CT molecular complexity index is 699. The van der Waals surface area contributed by atoms with Gasteiger partial charge in [0, 0.05) is 40.6 Å². The zero-order valence-corrected chi connectivity index (χ0v) is 14.2. The molecule has 0 aliphatic carbocycles. The van der Waals surface area contributed by atoms with Gasteiger partial charge >= 0.3 is 0 Å². The van der Waals surface area contributed by atoms with E-state index in [1.54, 1.807) is 6.20 Å². The number of fused-ring (bicyclic) bond motifs is 1. The standard InChI is InChI=1S/C16H18BrF2N3/c1-21-5-3-11(4-6-21)22(2)16-12-7-10(18)8-14(19)15(12)13(17)9-20-16/h7-9,11H,3-6H2,1-2H3. The van der Waals surface area contributed by atoms with Gasteiger partial charge < -0.3 is 9.80 Å². The van der Waals surface area contributed by atoms with E-state index in [0.717, 1.165) is 32.0 Å². The molecule has 3 nitrogen and oxygen atoms in total. The molecule has 1 aromatic carbocycles. The maximum Gasteiger partial charge on any atom is 0.136 e. The molecule has 6 heteroatoms. The van der Waals surface area contributed by atoms with Crippen molar-refractivity contribution in [2.75, 3.05) is 32.1 Å².